The van der Waals surface area contributed by atoms with Gasteiger partial charge in [-0.2, -0.15) is 0 Å². The first kappa shape index (κ1) is 25.0. The van der Waals surface area contributed by atoms with E-state index >= 15 is 0 Å². The average molecular weight is 531 g/mol. The van der Waals surface area contributed by atoms with Crippen molar-refractivity contribution in [1.82, 2.24) is 5.32 Å². The smallest absolute Gasteiger partial charge is 0.338 e. The number of amides is 4. The molecule has 0 bridgehead atoms. The van der Waals surface area contributed by atoms with Crippen LogP contribution in [0.4, 0.5) is 10.5 Å². The molecule has 1 saturated heterocycles. The molecule has 1 fully saturated rings. The molecule has 10 heteroatoms. The minimum atomic E-state index is -0.890. The zero-order chi connectivity index (χ0) is 24.8. The second kappa shape index (κ2) is 11.0. The molecule has 1 heterocycles. The van der Waals surface area contributed by atoms with Crippen molar-refractivity contribution in [2.75, 3.05) is 24.7 Å². The number of carbonyl (C=O) groups is 4. The number of barbiturate groups is 1. The lowest BCUT2D eigenvalue weighted by atomic mass is 10.1. The Kier molecular flexibility index (Phi) is 8.06. The Morgan fingerprint density at radius 1 is 1.00 bits per heavy atom. The van der Waals surface area contributed by atoms with Crippen molar-refractivity contribution in [3.63, 3.8) is 0 Å². The standard InChI is InChI=1S/C24H23BrN2O7/c1-4-32-19-13-14(12-18(25)20(19)33-5-2)11-17-21(28)26-24(31)27(22(17)29)16-9-7-15(8-10-16)23(30)34-6-3/h7-13H,4-6H2,1-3H3,(H,26,28,31)/b17-11+. The highest BCUT2D eigenvalue weighted by molar-refractivity contribution is 9.10. The molecule has 0 spiro atoms. The highest BCUT2D eigenvalue weighted by Gasteiger charge is 2.37. The van der Waals surface area contributed by atoms with Gasteiger partial charge in [0.25, 0.3) is 11.8 Å². The highest BCUT2D eigenvalue weighted by atomic mass is 79.9. The molecular weight excluding hydrogens is 508 g/mol. The van der Waals surface area contributed by atoms with E-state index in [-0.39, 0.29) is 23.4 Å². The lowest BCUT2D eigenvalue weighted by Gasteiger charge is -2.26. The van der Waals surface area contributed by atoms with Gasteiger partial charge in [0.2, 0.25) is 0 Å². The van der Waals surface area contributed by atoms with Crippen LogP contribution in [0.5, 0.6) is 11.5 Å². The molecule has 2 aromatic rings. The summed E-state index contributed by atoms with van der Waals surface area (Å²) >= 11 is 3.43. The van der Waals surface area contributed by atoms with Gasteiger partial charge in [0.1, 0.15) is 5.57 Å². The minimum absolute atomic E-state index is 0.192. The van der Waals surface area contributed by atoms with E-state index < -0.39 is 23.8 Å². The molecule has 2 aromatic carbocycles. The van der Waals surface area contributed by atoms with Gasteiger partial charge in [-0.05, 0) is 84.7 Å². The van der Waals surface area contributed by atoms with Gasteiger partial charge in [0.15, 0.2) is 11.5 Å². The summed E-state index contributed by atoms with van der Waals surface area (Å²) in [6.45, 7) is 6.38. The molecule has 1 N–H and O–H groups in total. The second-order valence-electron chi connectivity index (χ2n) is 6.92. The maximum Gasteiger partial charge on any atom is 0.338 e. The van der Waals surface area contributed by atoms with Crippen LogP contribution in [0.2, 0.25) is 0 Å². The van der Waals surface area contributed by atoms with Crippen LogP contribution in [0.25, 0.3) is 6.08 Å². The maximum absolute atomic E-state index is 13.2. The number of esters is 1. The van der Waals surface area contributed by atoms with Crippen LogP contribution in [0.3, 0.4) is 0 Å². The van der Waals surface area contributed by atoms with Crippen LogP contribution in [-0.4, -0.2) is 43.6 Å². The van der Waals surface area contributed by atoms with E-state index in [0.717, 1.165) is 4.90 Å². The molecule has 0 atom stereocenters. The van der Waals surface area contributed by atoms with Gasteiger partial charge in [-0.1, -0.05) is 0 Å². The van der Waals surface area contributed by atoms with Gasteiger partial charge in [-0.25, -0.2) is 14.5 Å². The number of benzene rings is 2. The Balaban J connectivity index is 1.97. The number of hydrogen-bond donors (Lipinski definition) is 1. The molecule has 34 heavy (non-hydrogen) atoms. The van der Waals surface area contributed by atoms with Crippen molar-refractivity contribution in [3.8, 4) is 11.5 Å². The summed E-state index contributed by atoms with van der Waals surface area (Å²) in [7, 11) is 0. The Bertz CT molecular complexity index is 1160. The fourth-order valence-corrected chi connectivity index (χ4v) is 3.81. The third kappa shape index (κ3) is 5.28. The largest absolute Gasteiger partial charge is 0.490 e. The normalized spacial score (nSPS) is 14.8. The van der Waals surface area contributed by atoms with E-state index in [2.05, 4.69) is 21.2 Å². The number of hydrogen-bond acceptors (Lipinski definition) is 7. The maximum atomic E-state index is 13.2. The summed E-state index contributed by atoms with van der Waals surface area (Å²) in [5.41, 5.74) is 0.707. The van der Waals surface area contributed by atoms with E-state index in [1.54, 1.807) is 19.1 Å². The summed E-state index contributed by atoms with van der Waals surface area (Å²) in [6, 6.07) is 8.16. The van der Waals surface area contributed by atoms with Crippen LogP contribution in [-0.2, 0) is 14.3 Å². The zero-order valence-corrected chi connectivity index (χ0v) is 20.4. The molecule has 0 aliphatic carbocycles. The van der Waals surface area contributed by atoms with Gasteiger partial charge < -0.3 is 14.2 Å². The van der Waals surface area contributed by atoms with Crippen molar-refractivity contribution in [2.45, 2.75) is 20.8 Å². The van der Waals surface area contributed by atoms with Crippen LogP contribution in [0, 0.1) is 0 Å². The number of halogens is 1. The first-order valence-corrected chi connectivity index (χ1v) is 11.4. The Hall–Kier alpha value is -3.66. The van der Waals surface area contributed by atoms with Gasteiger partial charge in [0.05, 0.1) is 35.5 Å². The van der Waals surface area contributed by atoms with Crippen LogP contribution in [0.15, 0.2) is 46.4 Å². The SMILES string of the molecule is CCOC(=O)c1ccc(N2C(=O)NC(=O)/C(=C\c3cc(Br)c(OCC)c(OCC)c3)C2=O)cc1. The quantitative estimate of drug-likeness (QED) is 0.310. The fraction of sp³-hybridized carbons (Fsp3) is 0.250. The lowest BCUT2D eigenvalue weighted by molar-refractivity contribution is -0.122. The van der Waals surface area contributed by atoms with Crippen LogP contribution < -0.4 is 19.7 Å². The lowest BCUT2D eigenvalue weighted by Crippen LogP contribution is -2.54. The van der Waals surface area contributed by atoms with E-state index in [0.29, 0.717) is 34.7 Å². The number of ether oxygens (including phenoxy) is 3. The van der Waals surface area contributed by atoms with E-state index in [4.69, 9.17) is 14.2 Å². The molecule has 0 saturated carbocycles. The third-order valence-electron chi connectivity index (χ3n) is 4.67. The molecule has 0 radical (unpaired) electrons. The number of anilines is 1. The number of rotatable bonds is 8. The third-order valence-corrected chi connectivity index (χ3v) is 5.26. The molecule has 0 unspecified atom stereocenters. The summed E-state index contributed by atoms with van der Waals surface area (Å²) in [4.78, 5) is 50.8. The Labute approximate surface area is 204 Å². The predicted molar refractivity (Wildman–Crippen MR) is 128 cm³/mol. The van der Waals surface area contributed by atoms with Crippen molar-refractivity contribution in [3.05, 3.63) is 57.6 Å². The first-order valence-electron chi connectivity index (χ1n) is 10.6. The van der Waals surface area contributed by atoms with Gasteiger partial charge in [0, 0.05) is 0 Å². The van der Waals surface area contributed by atoms with Crippen LogP contribution >= 0.6 is 15.9 Å². The molecule has 9 nitrogen and oxygen atoms in total. The second-order valence-corrected chi connectivity index (χ2v) is 7.78. The van der Waals surface area contributed by atoms with Gasteiger partial charge in [-0.15, -0.1) is 0 Å². The predicted octanol–water partition coefficient (Wildman–Crippen LogP) is 4.09. The van der Waals surface area contributed by atoms with E-state index in [9.17, 15) is 19.2 Å². The topological polar surface area (TPSA) is 111 Å². The molecule has 178 valence electrons. The van der Waals surface area contributed by atoms with Crippen molar-refractivity contribution in [1.29, 1.82) is 0 Å². The number of nitrogens with zero attached hydrogens (tertiary/aromatic N) is 1. The number of urea groups is 1. The Morgan fingerprint density at radius 2 is 1.68 bits per heavy atom. The molecule has 0 aromatic heterocycles. The fourth-order valence-electron chi connectivity index (χ4n) is 3.24. The van der Waals surface area contributed by atoms with E-state index in [1.165, 1.54) is 30.3 Å². The number of carbonyl (C=O) groups excluding carboxylic acids is 4. The molecule has 1 aliphatic rings. The summed E-state index contributed by atoms with van der Waals surface area (Å²) in [6.07, 6.45) is 1.37. The zero-order valence-electron chi connectivity index (χ0n) is 18.8. The van der Waals surface area contributed by atoms with Gasteiger partial charge >= 0.3 is 12.0 Å². The molecular formula is C24H23BrN2O7. The molecule has 1 aliphatic heterocycles. The first-order chi connectivity index (χ1) is 16.3. The van der Waals surface area contributed by atoms with Crippen molar-refractivity contribution in [2.24, 2.45) is 0 Å². The summed E-state index contributed by atoms with van der Waals surface area (Å²) < 4.78 is 16.8. The van der Waals surface area contributed by atoms with Crippen molar-refractivity contribution >= 4 is 51.5 Å². The van der Waals surface area contributed by atoms with Gasteiger partial charge in [-0.3, -0.25) is 14.9 Å². The minimum Gasteiger partial charge on any atom is -0.490 e. The average Bonchev–Trinajstić information content (AvgIpc) is 2.79. The monoisotopic (exact) mass is 530 g/mol. The molecule has 4 amide bonds. The number of imide groups is 2. The number of nitrogens with one attached hydrogen (secondary N) is 1. The van der Waals surface area contributed by atoms with Crippen molar-refractivity contribution < 1.29 is 33.4 Å². The molecule has 3 rings (SSSR count). The summed E-state index contributed by atoms with van der Waals surface area (Å²) in [5, 5.41) is 2.17. The van der Waals surface area contributed by atoms with Crippen LogP contribution in [0.1, 0.15) is 36.7 Å². The summed E-state index contributed by atoms with van der Waals surface area (Å²) in [5.74, 6) is -1.20. The highest BCUT2D eigenvalue weighted by Crippen LogP contribution is 2.37. The Morgan fingerprint density at radius 3 is 2.29 bits per heavy atom. The van der Waals surface area contributed by atoms with E-state index in [1.807, 2.05) is 13.8 Å².